The van der Waals surface area contributed by atoms with Gasteiger partial charge in [-0.05, 0) is 35.9 Å². The topological polar surface area (TPSA) is 89.6 Å². The smallest absolute Gasteiger partial charge is 0.269 e. The van der Waals surface area contributed by atoms with Crippen LogP contribution in [0.4, 0.5) is 0 Å². The molecule has 2 heterocycles. The van der Waals surface area contributed by atoms with E-state index in [1.807, 2.05) is 24.3 Å². The maximum Gasteiger partial charge on any atom is 0.269 e. The number of oxime groups is 1. The van der Waals surface area contributed by atoms with Crippen LogP contribution in [0.3, 0.4) is 0 Å². The summed E-state index contributed by atoms with van der Waals surface area (Å²) in [6, 6.07) is 14.4. The highest BCUT2D eigenvalue weighted by Gasteiger charge is 2.27. The summed E-state index contributed by atoms with van der Waals surface area (Å²) >= 11 is 11.8. The van der Waals surface area contributed by atoms with Crippen molar-refractivity contribution in [3.63, 3.8) is 0 Å². The molecule has 1 amide bonds. The third-order valence-corrected chi connectivity index (χ3v) is 4.80. The molecule has 2 aromatic carbocycles. The van der Waals surface area contributed by atoms with Gasteiger partial charge in [-0.2, -0.15) is 4.98 Å². The number of benzene rings is 2. The highest BCUT2D eigenvalue weighted by atomic mass is 35.5. The largest absolute Gasteiger partial charge is 0.391 e. The average molecular weight is 431 g/mol. The Morgan fingerprint density at radius 1 is 1.14 bits per heavy atom. The first kappa shape index (κ1) is 19.4. The predicted octanol–water partition coefficient (Wildman–Crippen LogP) is 4.05. The van der Waals surface area contributed by atoms with E-state index in [0.717, 1.165) is 11.1 Å². The normalized spacial score (nSPS) is 15.7. The van der Waals surface area contributed by atoms with E-state index in [9.17, 15) is 4.79 Å². The standard InChI is InChI=1S/C20H16Cl2N4O3/c21-14-6-4-12(5-7-14)11-23-19(27)17-9-16(28-25-17)10-18-24-20(29-26-18)13-2-1-3-15(22)8-13/h1-8,16H,9-11H2,(H,23,27)/t16-/m1/s1. The number of aromatic nitrogens is 2. The molecule has 0 fully saturated rings. The minimum absolute atomic E-state index is 0.268. The lowest BCUT2D eigenvalue weighted by molar-refractivity contribution is -0.115. The SMILES string of the molecule is O=C(NCc1ccc(Cl)cc1)C1=NO[C@@H](Cc2noc(-c3cccc(Cl)c3)n2)C1. The number of hydrogen-bond donors (Lipinski definition) is 1. The first-order valence-electron chi connectivity index (χ1n) is 8.90. The lowest BCUT2D eigenvalue weighted by atomic mass is 10.1. The fourth-order valence-corrected chi connectivity index (χ4v) is 3.15. The summed E-state index contributed by atoms with van der Waals surface area (Å²) in [6.45, 7) is 0.382. The number of nitrogens with one attached hydrogen (secondary N) is 1. The van der Waals surface area contributed by atoms with Gasteiger partial charge in [-0.3, -0.25) is 4.79 Å². The summed E-state index contributed by atoms with van der Waals surface area (Å²) in [5.41, 5.74) is 2.02. The third kappa shape index (κ3) is 4.93. The molecule has 29 heavy (non-hydrogen) atoms. The van der Waals surface area contributed by atoms with Gasteiger partial charge in [0.15, 0.2) is 5.82 Å². The van der Waals surface area contributed by atoms with Gasteiger partial charge in [-0.15, -0.1) is 0 Å². The summed E-state index contributed by atoms with van der Waals surface area (Å²) in [4.78, 5) is 22.0. The van der Waals surface area contributed by atoms with Gasteiger partial charge in [0.25, 0.3) is 11.8 Å². The molecule has 3 aromatic rings. The van der Waals surface area contributed by atoms with Gasteiger partial charge in [0.2, 0.25) is 0 Å². The molecule has 0 saturated carbocycles. The molecule has 0 unspecified atom stereocenters. The van der Waals surface area contributed by atoms with Crippen LogP contribution in [-0.2, 0) is 22.6 Å². The second-order valence-electron chi connectivity index (χ2n) is 6.51. The monoisotopic (exact) mass is 430 g/mol. The second kappa shape index (κ2) is 8.63. The molecule has 0 radical (unpaired) electrons. The number of carbonyl (C=O) groups excluding carboxylic acids is 1. The molecule has 148 valence electrons. The lowest BCUT2D eigenvalue weighted by Gasteiger charge is -2.05. The van der Waals surface area contributed by atoms with Crippen molar-refractivity contribution < 1.29 is 14.2 Å². The van der Waals surface area contributed by atoms with E-state index in [1.54, 1.807) is 24.3 Å². The van der Waals surface area contributed by atoms with Gasteiger partial charge in [0.05, 0.1) is 6.42 Å². The average Bonchev–Trinajstić information content (AvgIpc) is 3.38. The fourth-order valence-electron chi connectivity index (χ4n) is 2.84. The summed E-state index contributed by atoms with van der Waals surface area (Å²) in [6.07, 6.45) is 0.422. The highest BCUT2D eigenvalue weighted by molar-refractivity contribution is 6.39. The summed E-state index contributed by atoms with van der Waals surface area (Å²) in [7, 11) is 0. The second-order valence-corrected chi connectivity index (χ2v) is 7.38. The van der Waals surface area contributed by atoms with Gasteiger partial charge >= 0.3 is 0 Å². The van der Waals surface area contributed by atoms with E-state index < -0.39 is 0 Å². The third-order valence-electron chi connectivity index (χ3n) is 4.31. The quantitative estimate of drug-likeness (QED) is 0.636. The molecular weight excluding hydrogens is 415 g/mol. The summed E-state index contributed by atoms with van der Waals surface area (Å²) < 4.78 is 5.28. The zero-order valence-electron chi connectivity index (χ0n) is 15.1. The van der Waals surface area contributed by atoms with Crippen LogP contribution in [0.1, 0.15) is 17.8 Å². The molecule has 0 spiro atoms. The minimum Gasteiger partial charge on any atom is -0.391 e. The number of amides is 1. The molecule has 1 N–H and O–H groups in total. The van der Waals surface area contributed by atoms with E-state index in [-0.39, 0.29) is 12.0 Å². The molecule has 4 rings (SSSR count). The van der Waals surface area contributed by atoms with Crippen molar-refractivity contribution in [2.45, 2.75) is 25.5 Å². The molecule has 7 nitrogen and oxygen atoms in total. The van der Waals surface area contributed by atoms with Crippen molar-refractivity contribution in [1.29, 1.82) is 0 Å². The molecule has 9 heteroatoms. The first-order chi connectivity index (χ1) is 14.1. The van der Waals surface area contributed by atoms with Crippen LogP contribution < -0.4 is 5.32 Å². The number of hydrogen-bond acceptors (Lipinski definition) is 6. The van der Waals surface area contributed by atoms with Gasteiger partial charge in [0, 0.05) is 28.6 Å². The molecule has 1 aliphatic rings. The van der Waals surface area contributed by atoms with E-state index >= 15 is 0 Å². The van der Waals surface area contributed by atoms with Crippen molar-refractivity contribution >= 4 is 34.8 Å². The number of halogens is 2. The zero-order chi connectivity index (χ0) is 20.2. The zero-order valence-corrected chi connectivity index (χ0v) is 16.7. The van der Waals surface area contributed by atoms with Crippen molar-refractivity contribution in [2.24, 2.45) is 5.16 Å². The molecule has 0 saturated heterocycles. The Hall–Kier alpha value is -2.90. The Morgan fingerprint density at radius 2 is 1.97 bits per heavy atom. The number of rotatable bonds is 6. The van der Waals surface area contributed by atoms with Crippen LogP contribution in [0.2, 0.25) is 10.0 Å². The van der Waals surface area contributed by atoms with Crippen LogP contribution in [0, 0.1) is 0 Å². The number of carbonyl (C=O) groups is 1. The van der Waals surface area contributed by atoms with E-state index in [1.165, 1.54) is 0 Å². The van der Waals surface area contributed by atoms with Crippen molar-refractivity contribution in [1.82, 2.24) is 15.5 Å². The number of nitrogens with zero attached hydrogens (tertiary/aromatic N) is 3. The summed E-state index contributed by atoms with van der Waals surface area (Å²) in [5.74, 6) is 0.584. The van der Waals surface area contributed by atoms with Crippen LogP contribution in [0.5, 0.6) is 0 Å². The van der Waals surface area contributed by atoms with Gasteiger partial charge in [-0.25, -0.2) is 0 Å². The first-order valence-corrected chi connectivity index (χ1v) is 9.66. The molecule has 1 atom stereocenters. The van der Waals surface area contributed by atoms with Crippen molar-refractivity contribution in [3.05, 3.63) is 70.0 Å². The van der Waals surface area contributed by atoms with Crippen LogP contribution in [0.25, 0.3) is 11.5 Å². The fraction of sp³-hybridized carbons (Fsp3) is 0.200. The summed E-state index contributed by atoms with van der Waals surface area (Å²) in [5, 5.41) is 11.9. The van der Waals surface area contributed by atoms with E-state index in [2.05, 4.69) is 20.6 Å². The maximum absolute atomic E-state index is 12.3. The lowest BCUT2D eigenvalue weighted by Crippen LogP contribution is -2.30. The Morgan fingerprint density at radius 3 is 2.76 bits per heavy atom. The maximum atomic E-state index is 12.3. The Balaban J connectivity index is 1.29. The van der Waals surface area contributed by atoms with Crippen LogP contribution in [-0.4, -0.2) is 27.9 Å². The van der Waals surface area contributed by atoms with Crippen LogP contribution in [0.15, 0.2) is 58.2 Å². The molecule has 0 aliphatic carbocycles. The Labute approximate surface area is 176 Å². The van der Waals surface area contributed by atoms with Crippen LogP contribution >= 0.6 is 23.2 Å². The predicted molar refractivity (Wildman–Crippen MR) is 109 cm³/mol. The van der Waals surface area contributed by atoms with Crippen molar-refractivity contribution in [2.75, 3.05) is 0 Å². The highest BCUT2D eigenvalue weighted by Crippen LogP contribution is 2.22. The molecular formula is C20H16Cl2N4O3. The molecule has 0 bridgehead atoms. The van der Waals surface area contributed by atoms with Crippen molar-refractivity contribution in [3.8, 4) is 11.5 Å². The van der Waals surface area contributed by atoms with E-state index in [0.29, 0.717) is 46.9 Å². The van der Waals surface area contributed by atoms with E-state index in [4.69, 9.17) is 32.6 Å². The Kier molecular flexibility index (Phi) is 5.78. The Bertz CT molecular complexity index is 1050. The van der Waals surface area contributed by atoms with Gasteiger partial charge in [0.1, 0.15) is 11.8 Å². The molecule has 1 aliphatic heterocycles. The molecule has 1 aromatic heterocycles. The van der Waals surface area contributed by atoms with Gasteiger partial charge in [-0.1, -0.05) is 51.7 Å². The van der Waals surface area contributed by atoms with Gasteiger partial charge < -0.3 is 14.7 Å². The minimum atomic E-state index is -0.323.